The first-order chi connectivity index (χ1) is 8.86. The summed E-state index contributed by atoms with van der Waals surface area (Å²) in [5, 5.41) is 0. The van der Waals surface area contributed by atoms with Crippen molar-refractivity contribution >= 4 is 11.2 Å². The molecule has 0 aliphatic rings. The van der Waals surface area contributed by atoms with Crippen molar-refractivity contribution in [3.8, 4) is 0 Å². The molecule has 0 N–H and O–H groups in total. The molecule has 4 heteroatoms. The average molecular weight is 238 g/mol. The summed E-state index contributed by atoms with van der Waals surface area (Å²) in [5.74, 6) is 0.859. The van der Waals surface area contributed by atoms with Crippen LogP contribution in [0.1, 0.15) is 18.3 Å². The Morgan fingerprint density at radius 1 is 1.11 bits per heavy atom. The van der Waals surface area contributed by atoms with Crippen molar-refractivity contribution < 1.29 is 0 Å². The fraction of sp³-hybridized carbons (Fsp3) is 0.214. The second-order valence-electron chi connectivity index (χ2n) is 4.21. The van der Waals surface area contributed by atoms with Crippen LogP contribution < -0.4 is 0 Å². The molecule has 3 rings (SSSR count). The standard InChI is InChI=1S/C14H14N4/c1-2-13-15-8-12-14(17-13)18(10-16-12)9-11-6-4-3-5-7-11/h3-8,10H,2,9H2,1H3. The molecule has 0 unspecified atom stereocenters. The molecule has 18 heavy (non-hydrogen) atoms. The highest BCUT2D eigenvalue weighted by Crippen LogP contribution is 2.12. The highest BCUT2D eigenvalue weighted by Gasteiger charge is 2.06. The summed E-state index contributed by atoms with van der Waals surface area (Å²) in [7, 11) is 0. The predicted octanol–water partition coefficient (Wildman–Crippen LogP) is 2.44. The highest BCUT2D eigenvalue weighted by molar-refractivity contribution is 5.69. The first-order valence-corrected chi connectivity index (χ1v) is 6.07. The van der Waals surface area contributed by atoms with Gasteiger partial charge in [0.1, 0.15) is 11.3 Å². The maximum atomic E-state index is 4.54. The number of nitrogens with zero attached hydrogens (tertiary/aromatic N) is 4. The zero-order chi connectivity index (χ0) is 12.4. The molecular weight excluding hydrogens is 224 g/mol. The van der Waals surface area contributed by atoms with Gasteiger partial charge in [0.05, 0.1) is 19.1 Å². The van der Waals surface area contributed by atoms with Crippen LogP contribution in [0.3, 0.4) is 0 Å². The van der Waals surface area contributed by atoms with E-state index in [1.807, 2.05) is 24.5 Å². The van der Waals surface area contributed by atoms with E-state index in [0.29, 0.717) is 0 Å². The van der Waals surface area contributed by atoms with Crippen LogP contribution in [0.5, 0.6) is 0 Å². The second-order valence-corrected chi connectivity index (χ2v) is 4.21. The Balaban J connectivity index is 2.01. The Labute approximate surface area is 105 Å². The molecule has 0 saturated heterocycles. The Morgan fingerprint density at radius 2 is 1.94 bits per heavy atom. The molecule has 0 radical (unpaired) electrons. The van der Waals surface area contributed by atoms with Crippen molar-refractivity contribution in [2.24, 2.45) is 0 Å². The van der Waals surface area contributed by atoms with E-state index in [-0.39, 0.29) is 0 Å². The van der Waals surface area contributed by atoms with E-state index >= 15 is 0 Å². The van der Waals surface area contributed by atoms with Crippen LogP contribution in [0.4, 0.5) is 0 Å². The van der Waals surface area contributed by atoms with Gasteiger partial charge in [0, 0.05) is 6.42 Å². The van der Waals surface area contributed by atoms with Crippen LogP contribution in [0.25, 0.3) is 11.2 Å². The zero-order valence-electron chi connectivity index (χ0n) is 10.2. The number of aryl methyl sites for hydroxylation is 1. The molecule has 0 bridgehead atoms. The summed E-state index contributed by atoms with van der Waals surface area (Å²) in [6, 6.07) is 10.3. The fourth-order valence-electron chi connectivity index (χ4n) is 1.96. The van der Waals surface area contributed by atoms with Crippen LogP contribution >= 0.6 is 0 Å². The Kier molecular flexibility index (Phi) is 2.76. The minimum absolute atomic E-state index is 0.789. The largest absolute Gasteiger partial charge is 0.311 e. The lowest BCUT2D eigenvalue weighted by Crippen LogP contribution is -2.01. The predicted molar refractivity (Wildman–Crippen MR) is 70.2 cm³/mol. The summed E-state index contributed by atoms with van der Waals surface area (Å²) in [6.07, 6.45) is 4.46. The molecule has 0 aliphatic heterocycles. The van der Waals surface area contributed by atoms with Gasteiger partial charge in [-0.15, -0.1) is 0 Å². The third kappa shape index (κ3) is 1.97. The minimum Gasteiger partial charge on any atom is -0.311 e. The molecule has 0 saturated carbocycles. The van der Waals surface area contributed by atoms with Gasteiger partial charge in [-0.1, -0.05) is 37.3 Å². The van der Waals surface area contributed by atoms with Crippen molar-refractivity contribution in [3.63, 3.8) is 0 Å². The van der Waals surface area contributed by atoms with E-state index < -0.39 is 0 Å². The second kappa shape index (κ2) is 4.56. The van der Waals surface area contributed by atoms with Crippen LogP contribution in [-0.2, 0) is 13.0 Å². The monoisotopic (exact) mass is 238 g/mol. The summed E-state index contributed by atoms with van der Waals surface area (Å²) in [4.78, 5) is 13.1. The molecule has 2 heterocycles. The molecule has 90 valence electrons. The average Bonchev–Trinajstić information content (AvgIpc) is 2.82. The SMILES string of the molecule is CCc1ncc2ncn(Cc3ccccc3)c2n1. The van der Waals surface area contributed by atoms with Gasteiger partial charge in [-0.25, -0.2) is 15.0 Å². The number of fused-ring (bicyclic) bond motifs is 1. The molecule has 0 amide bonds. The van der Waals surface area contributed by atoms with Crippen molar-refractivity contribution in [2.45, 2.75) is 19.9 Å². The van der Waals surface area contributed by atoms with E-state index in [9.17, 15) is 0 Å². The molecular formula is C14H14N4. The van der Waals surface area contributed by atoms with Gasteiger partial charge in [-0.2, -0.15) is 0 Å². The Bertz CT molecular complexity index is 658. The van der Waals surface area contributed by atoms with Crippen molar-refractivity contribution in [3.05, 3.63) is 54.2 Å². The summed E-state index contributed by atoms with van der Waals surface area (Å²) in [6.45, 7) is 2.84. The van der Waals surface area contributed by atoms with E-state index in [1.165, 1.54) is 5.56 Å². The lowest BCUT2D eigenvalue weighted by atomic mass is 10.2. The fourth-order valence-corrected chi connectivity index (χ4v) is 1.96. The smallest absolute Gasteiger partial charge is 0.163 e. The topological polar surface area (TPSA) is 43.6 Å². The van der Waals surface area contributed by atoms with Gasteiger partial charge in [-0.05, 0) is 5.56 Å². The lowest BCUT2D eigenvalue weighted by molar-refractivity contribution is 0.806. The van der Waals surface area contributed by atoms with E-state index in [4.69, 9.17) is 0 Å². The third-order valence-electron chi connectivity index (χ3n) is 2.92. The van der Waals surface area contributed by atoms with Crippen LogP contribution in [0.2, 0.25) is 0 Å². The normalized spacial score (nSPS) is 10.9. The molecule has 0 aliphatic carbocycles. The number of imidazole rings is 1. The molecule has 3 aromatic rings. The summed E-state index contributed by atoms with van der Waals surface area (Å²) < 4.78 is 2.06. The van der Waals surface area contributed by atoms with Crippen LogP contribution in [-0.4, -0.2) is 19.5 Å². The highest BCUT2D eigenvalue weighted by atomic mass is 15.1. The maximum absolute atomic E-state index is 4.54. The van der Waals surface area contributed by atoms with Gasteiger partial charge in [0.25, 0.3) is 0 Å². The van der Waals surface area contributed by atoms with Crippen LogP contribution in [0, 0.1) is 0 Å². The summed E-state index contributed by atoms with van der Waals surface area (Å²) >= 11 is 0. The first kappa shape index (κ1) is 10.9. The molecule has 4 nitrogen and oxygen atoms in total. The molecule has 0 fully saturated rings. The maximum Gasteiger partial charge on any atom is 0.163 e. The molecule has 2 aromatic heterocycles. The number of rotatable bonds is 3. The van der Waals surface area contributed by atoms with E-state index in [1.54, 1.807) is 6.20 Å². The quantitative estimate of drug-likeness (QED) is 0.704. The number of aromatic nitrogens is 4. The molecule has 0 atom stereocenters. The van der Waals surface area contributed by atoms with Gasteiger partial charge >= 0.3 is 0 Å². The Hall–Kier alpha value is -2.23. The van der Waals surface area contributed by atoms with Crippen molar-refractivity contribution in [2.75, 3.05) is 0 Å². The number of hydrogen-bond acceptors (Lipinski definition) is 3. The van der Waals surface area contributed by atoms with Gasteiger partial charge in [0.15, 0.2) is 5.65 Å². The lowest BCUT2D eigenvalue weighted by Gasteiger charge is -2.04. The van der Waals surface area contributed by atoms with Crippen LogP contribution in [0.15, 0.2) is 42.9 Å². The van der Waals surface area contributed by atoms with Crippen molar-refractivity contribution in [1.82, 2.24) is 19.5 Å². The first-order valence-electron chi connectivity index (χ1n) is 6.07. The van der Waals surface area contributed by atoms with E-state index in [2.05, 4.69) is 38.6 Å². The number of hydrogen-bond donors (Lipinski definition) is 0. The van der Waals surface area contributed by atoms with Gasteiger partial charge in [-0.3, -0.25) is 0 Å². The van der Waals surface area contributed by atoms with Gasteiger partial charge in [0.2, 0.25) is 0 Å². The van der Waals surface area contributed by atoms with Gasteiger partial charge < -0.3 is 4.57 Å². The minimum atomic E-state index is 0.789. The van der Waals surface area contributed by atoms with E-state index in [0.717, 1.165) is 30.0 Å². The number of benzene rings is 1. The molecule has 0 spiro atoms. The Morgan fingerprint density at radius 3 is 2.72 bits per heavy atom. The molecule has 1 aromatic carbocycles. The third-order valence-corrected chi connectivity index (χ3v) is 2.92. The van der Waals surface area contributed by atoms with Crippen molar-refractivity contribution in [1.29, 1.82) is 0 Å². The summed E-state index contributed by atoms with van der Waals surface area (Å²) in [5.41, 5.74) is 3.00. The zero-order valence-corrected chi connectivity index (χ0v) is 10.2.